The lowest BCUT2D eigenvalue weighted by Crippen LogP contribution is -2.53. The molecule has 5 heteroatoms. The van der Waals surface area contributed by atoms with E-state index in [2.05, 4.69) is 5.32 Å². The Morgan fingerprint density at radius 1 is 0.857 bits per heavy atom. The fraction of sp³-hybridized carbons (Fsp3) is 0.333. The van der Waals surface area contributed by atoms with Crippen LogP contribution in [0.25, 0.3) is 0 Å². The summed E-state index contributed by atoms with van der Waals surface area (Å²) < 4.78 is 13.5. The fourth-order valence-electron chi connectivity index (χ4n) is 4.25. The highest BCUT2D eigenvalue weighted by Gasteiger charge is 2.32. The van der Waals surface area contributed by atoms with Gasteiger partial charge < -0.3 is 10.2 Å². The number of amides is 2. The van der Waals surface area contributed by atoms with Gasteiger partial charge in [-0.05, 0) is 56.0 Å². The van der Waals surface area contributed by atoms with Crippen LogP contribution < -0.4 is 5.32 Å². The highest BCUT2D eigenvalue weighted by Crippen LogP contribution is 2.29. The van der Waals surface area contributed by atoms with Gasteiger partial charge in [-0.1, -0.05) is 79.7 Å². The monoisotopic (exact) mass is 474 g/mol. The summed E-state index contributed by atoms with van der Waals surface area (Å²) in [5.74, 6) is -0.796. The maximum absolute atomic E-state index is 13.9. The Hall–Kier alpha value is -3.47. The van der Waals surface area contributed by atoms with Crippen LogP contribution >= 0.6 is 0 Å². The number of hydrogen-bond donors (Lipinski definition) is 1. The minimum Gasteiger partial charge on any atom is -0.350 e. The Kier molecular flexibility index (Phi) is 8.80. The maximum atomic E-state index is 13.9. The van der Waals surface area contributed by atoms with Crippen molar-refractivity contribution in [1.29, 1.82) is 0 Å². The number of halogens is 1. The Balaban J connectivity index is 1.96. The van der Waals surface area contributed by atoms with E-state index < -0.39 is 11.6 Å². The largest absolute Gasteiger partial charge is 0.350 e. The first-order chi connectivity index (χ1) is 16.7. The van der Waals surface area contributed by atoms with Crippen molar-refractivity contribution in [2.75, 3.05) is 0 Å². The Bertz CT molecular complexity index is 1050. The normalized spacial score (nSPS) is 12.3. The zero-order chi connectivity index (χ0) is 25.4. The van der Waals surface area contributed by atoms with E-state index in [-0.39, 0.29) is 36.5 Å². The van der Waals surface area contributed by atoms with Crippen LogP contribution in [0.5, 0.6) is 0 Å². The second-order valence-corrected chi connectivity index (χ2v) is 9.89. The van der Waals surface area contributed by atoms with Gasteiger partial charge in [0.15, 0.2) is 0 Å². The summed E-state index contributed by atoms with van der Waals surface area (Å²) in [5, 5.41) is 3.02. The first-order valence-corrected chi connectivity index (χ1v) is 12.1. The number of nitrogens with zero attached hydrogens (tertiary/aromatic N) is 1. The molecule has 3 aromatic carbocycles. The topological polar surface area (TPSA) is 49.4 Å². The third-order valence-corrected chi connectivity index (χ3v) is 5.93. The predicted octanol–water partition coefficient (Wildman–Crippen LogP) is 6.07. The molecule has 184 valence electrons. The highest BCUT2D eigenvalue weighted by molar-refractivity contribution is 5.88. The lowest BCUT2D eigenvalue weighted by Gasteiger charge is -2.34. The SMILES string of the molecule is CC[C@H](C(=O)NC(C)(C)C)N(Cc1ccc(F)cc1)C(=O)CC(c1ccccc1)c1ccccc1. The Morgan fingerprint density at radius 2 is 1.37 bits per heavy atom. The Labute approximate surface area is 208 Å². The molecule has 0 aromatic heterocycles. The lowest BCUT2D eigenvalue weighted by molar-refractivity contribution is -0.142. The highest BCUT2D eigenvalue weighted by atomic mass is 19.1. The number of carbonyl (C=O) groups is 2. The van der Waals surface area contributed by atoms with Crippen LogP contribution in [0.3, 0.4) is 0 Å². The van der Waals surface area contributed by atoms with Crippen LogP contribution in [-0.4, -0.2) is 28.3 Å². The van der Waals surface area contributed by atoms with Crippen LogP contribution in [-0.2, 0) is 16.1 Å². The van der Waals surface area contributed by atoms with Crippen LogP contribution in [0.4, 0.5) is 4.39 Å². The number of carbonyl (C=O) groups excluding carboxylic acids is 2. The average molecular weight is 475 g/mol. The van der Waals surface area contributed by atoms with Gasteiger partial charge in [0, 0.05) is 24.4 Å². The van der Waals surface area contributed by atoms with E-state index in [9.17, 15) is 14.0 Å². The van der Waals surface area contributed by atoms with Gasteiger partial charge in [0.25, 0.3) is 0 Å². The van der Waals surface area contributed by atoms with Gasteiger partial charge in [0.1, 0.15) is 11.9 Å². The van der Waals surface area contributed by atoms with Gasteiger partial charge in [-0.3, -0.25) is 9.59 Å². The minimum absolute atomic E-state index is 0.122. The zero-order valence-corrected chi connectivity index (χ0v) is 21.0. The molecule has 0 spiro atoms. The molecule has 0 radical (unpaired) electrons. The molecular formula is C30H35FN2O2. The minimum atomic E-state index is -0.640. The van der Waals surface area contributed by atoms with Crippen molar-refractivity contribution < 1.29 is 14.0 Å². The summed E-state index contributed by atoms with van der Waals surface area (Å²) >= 11 is 0. The second-order valence-electron chi connectivity index (χ2n) is 9.89. The molecule has 1 N–H and O–H groups in total. The van der Waals surface area contributed by atoms with Crippen molar-refractivity contribution >= 4 is 11.8 Å². The van der Waals surface area contributed by atoms with E-state index in [0.717, 1.165) is 16.7 Å². The van der Waals surface area contributed by atoms with E-state index >= 15 is 0 Å². The molecule has 0 bridgehead atoms. The van der Waals surface area contributed by atoms with Gasteiger partial charge >= 0.3 is 0 Å². The molecule has 3 aromatic rings. The Morgan fingerprint density at radius 3 is 1.83 bits per heavy atom. The van der Waals surface area contributed by atoms with E-state index in [1.54, 1.807) is 17.0 Å². The number of benzene rings is 3. The molecule has 0 fully saturated rings. The van der Waals surface area contributed by atoms with Crippen molar-refractivity contribution in [1.82, 2.24) is 10.2 Å². The van der Waals surface area contributed by atoms with Crippen LogP contribution in [0.15, 0.2) is 84.9 Å². The second kappa shape index (κ2) is 11.8. The quantitative estimate of drug-likeness (QED) is 0.409. The molecule has 0 saturated carbocycles. The summed E-state index contributed by atoms with van der Waals surface area (Å²) in [4.78, 5) is 28.8. The molecule has 0 saturated heterocycles. The smallest absolute Gasteiger partial charge is 0.243 e. The van der Waals surface area contributed by atoms with Crippen LogP contribution in [0.1, 0.15) is 63.1 Å². The summed E-state index contributed by atoms with van der Waals surface area (Å²) in [6, 6.07) is 25.3. The number of hydrogen-bond acceptors (Lipinski definition) is 2. The van der Waals surface area contributed by atoms with Gasteiger partial charge in [-0.25, -0.2) is 4.39 Å². The van der Waals surface area contributed by atoms with E-state index in [1.165, 1.54) is 12.1 Å². The molecule has 0 heterocycles. The molecule has 2 amide bonds. The molecule has 0 aliphatic heterocycles. The van der Waals surface area contributed by atoms with Crippen molar-refractivity contribution in [2.45, 2.75) is 64.6 Å². The van der Waals surface area contributed by atoms with Crippen molar-refractivity contribution in [3.05, 3.63) is 107 Å². The van der Waals surface area contributed by atoms with Crippen LogP contribution in [0.2, 0.25) is 0 Å². The average Bonchev–Trinajstić information content (AvgIpc) is 2.83. The summed E-state index contributed by atoms with van der Waals surface area (Å²) in [6.07, 6.45) is 0.685. The zero-order valence-electron chi connectivity index (χ0n) is 21.0. The van der Waals surface area contributed by atoms with Crippen LogP contribution in [0, 0.1) is 5.82 Å². The third-order valence-electron chi connectivity index (χ3n) is 5.93. The lowest BCUT2D eigenvalue weighted by atomic mass is 9.88. The molecule has 3 rings (SSSR count). The molecular weight excluding hydrogens is 439 g/mol. The van der Waals surface area contributed by atoms with Crippen molar-refractivity contribution in [3.8, 4) is 0 Å². The predicted molar refractivity (Wildman–Crippen MR) is 138 cm³/mol. The summed E-state index contributed by atoms with van der Waals surface area (Å²) in [6.45, 7) is 7.90. The first kappa shape index (κ1) is 26.1. The van der Waals surface area contributed by atoms with E-state index in [0.29, 0.717) is 6.42 Å². The summed E-state index contributed by atoms with van der Waals surface area (Å²) in [5.41, 5.74) is 2.44. The van der Waals surface area contributed by atoms with Crippen molar-refractivity contribution in [2.24, 2.45) is 0 Å². The maximum Gasteiger partial charge on any atom is 0.243 e. The van der Waals surface area contributed by atoms with E-state index in [4.69, 9.17) is 0 Å². The summed E-state index contributed by atoms with van der Waals surface area (Å²) in [7, 11) is 0. The number of rotatable bonds is 9. The standard InChI is InChI=1S/C30H35FN2O2/c1-5-27(29(35)32-30(2,3)4)33(21-22-16-18-25(31)19-17-22)28(34)20-26(23-12-8-6-9-13-23)24-14-10-7-11-15-24/h6-19,26-27H,5,20-21H2,1-4H3,(H,32,35)/t27-/m1/s1. The molecule has 1 atom stereocenters. The van der Waals surface area contributed by atoms with E-state index in [1.807, 2.05) is 88.4 Å². The van der Waals surface area contributed by atoms with Gasteiger partial charge in [-0.15, -0.1) is 0 Å². The van der Waals surface area contributed by atoms with Gasteiger partial charge in [0.05, 0.1) is 0 Å². The fourth-order valence-corrected chi connectivity index (χ4v) is 4.25. The molecule has 0 aliphatic carbocycles. The molecule has 4 nitrogen and oxygen atoms in total. The molecule has 0 aliphatic rings. The van der Waals surface area contributed by atoms with Gasteiger partial charge in [0.2, 0.25) is 11.8 Å². The van der Waals surface area contributed by atoms with Crippen molar-refractivity contribution in [3.63, 3.8) is 0 Å². The number of nitrogens with one attached hydrogen (secondary N) is 1. The first-order valence-electron chi connectivity index (χ1n) is 12.1. The molecule has 35 heavy (non-hydrogen) atoms. The third kappa shape index (κ3) is 7.51. The van der Waals surface area contributed by atoms with Gasteiger partial charge in [-0.2, -0.15) is 0 Å². The molecule has 0 unspecified atom stereocenters.